The molecule has 0 bridgehead atoms. The molecule has 92 valence electrons. The summed E-state index contributed by atoms with van der Waals surface area (Å²) in [5, 5.41) is 0. The van der Waals surface area contributed by atoms with Crippen LogP contribution in [-0.2, 0) is 11.3 Å². The largest absolute Gasteiger partial charge is 0.456 e. The van der Waals surface area contributed by atoms with Gasteiger partial charge in [-0.3, -0.25) is 7.05 Å². The zero-order chi connectivity index (χ0) is 12.1. The number of ether oxygens (including phenoxy) is 1. The Kier molecular flexibility index (Phi) is 3.98. The van der Waals surface area contributed by atoms with Gasteiger partial charge in [-0.2, -0.15) is 0 Å². The van der Waals surface area contributed by atoms with Crippen LogP contribution in [0.1, 0.15) is 5.56 Å². The van der Waals surface area contributed by atoms with Gasteiger partial charge in [0, 0.05) is 13.1 Å². The van der Waals surface area contributed by atoms with Crippen LogP contribution >= 0.6 is 0 Å². The Morgan fingerprint density at radius 3 is 2.47 bits per heavy atom. The SMILES string of the molecule is [CH2-]N1CCN(C(=O)OCc2ccccc2)CC1. The van der Waals surface area contributed by atoms with Gasteiger partial charge in [0.25, 0.3) is 0 Å². The van der Waals surface area contributed by atoms with E-state index in [9.17, 15) is 4.79 Å². The van der Waals surface area contributed by atoms with E-state index in [-0.39, 0.29) is 6.09 Å². The normalized spacial score (nSPS) is 16.9. The van der Waals surface area contributed by atoms with Crippen LogP contribution in [0.15, 0.2) is 30.3 Å². The summed E-state index contributed by atoms with van der Waals surface area (Å²) in [6, 6.07) is 9.70. The number of piperazine rings is 1. The number of carbonyl (C=O) groups excluding carboxylic acids is 1. The van der Waals surface area contributed by atoms with Crippen molar-refractivity contribution in [1.29, 1.82) is 0 Å². The summed E-state index contributed by atoms with van der Waals surface area (Å²) >= 11 is 0. The summed E-state index contributed by atoms with van der Waals surface area (Å²) in [6.07, 6.45) is -0.234. The molecule has 1 saturated heterocycles. The summed E-state index contributed by atoms with van der Waals surface area (Å²) in [7, 11) is 3.84. The molecule has 1 aromatic rings. The van der Waals surface area contributed by atoms with Crippen molar-refractivity contribution in [2.24, 2.45) is 0 Å². The molecule has 0 aromatic heterocycles. The van der Waals surface area contributed by atoms with Crippen LogP contribution in [0.3, 0.4) is 0 Å². The van der Waals surface area contributed by atoms with Gasteiger partial charge in [-0.1, -0.05) is 30.3 Å². The Balaban J connectivity index is 1.78. The minimum absolute atomic E-state index is 0.234. The minimum atomic E-state index is -0.234. The van der Waals surface area contributed by atoms with Crippen LogP contribution < -0.4 is 0 Å². The van der Waals surface area contributed by atoms with Gasteiger partial charge in [0.2, 0.25) is 0 Å². The van der Waals surface area contributed by atoms with Crippen molar-refractivity contribution in [1.82, 2.24) is 9.80 Å². The second-order valence-electron chi connectivity index (χ2n) is 4.15. The quantitative estimate of drug-likeness (QED) is 0.729. The Hall–Kier alpha value is -1.55. The highest BCUT2D eigenvalue weighted by Gasteiger charge is 2.17. The number of benzene rings is 1. The Bertz CT molecular complexity index is 359. The van der Waals surface area contributed by atoms with Crippen LogP contribution in [-0.4, -0.2) is 42.1 Å². The molecule has 1 amide bonds. The monoisotopic (exact) mass is 233 g/mol. The molecule has 2 rings (SSSR count). The molecular formula is C13H17N2O2-. The Labute approximate surface area is 102 Å². The summed E-state index contributed by atoms with van der Waals surface area (Å²) in [4.78, 5) is 15.4. The highest BCUT2D eigenvalue weighted by atomic mass is 16.6. The zero-order valence-electron chi connectivity index (χ0n) is 9.84. The predicted octanol–water partition coefficient (Wildman–Crippen LogP) is 1.73. The van der Waals surface area contributed by atoms with E-state index in [4.69, 9.17) is 4.74 Å². The van der Waals surface area contributed by atoms with Crippen LogP contribution in [0.5, 0.6) is 0 Å². The minimum Gasteiger partial charge on any atom is -0.456 e. The molecule has 0 spiro atoms. The van der Waals surface area contributed by atoms with Crippen LogP contribution in [0.4, 0.5) is 4.79 Å². The van der Waals surface area contributed by atoms with E-state index >= 15 is 0 Å². The van der Waals surface area contributed by atoms with Crippen molar-refractivity contribution in [2.75, 3.05) is 26.2 Å². The van der Waals surface area contributed by atoms with E-state index in [1.54, 1.807) is 4.90 Å². The summed E-state index contributed by atoms with van der Waals surface area (Å²) < 4.78 is 5.25. The number of nitrogens with zero attached hydrogens (tertiary/aromatic N) is 2. The van der Waals surface area contributed by atoms with Crippen LogP contribution in [0, 0.1) is 7.05 Å². The first kappa shape index (κ1) is 11.9. The third-order valence-electron chi connectivity index (χ3n) is 2.84. The molecule has 4 nitrogen and oxygen atoms in total. The first-order chi connectivity index (χ1) is 8.25. The molecule has 1 aromatic carbocycles. The van der Waals surface area contributed by atoms with Gasteiger partial charge in [0.15, 0.2) is 0 Å². The van der Waals surface area contributed by atoms with Crippen molar-refractivity contribution in [3.8, 4) is 0 Å². The lowest BCUT2D eigenvalue weighted by Gasteiger charge is -2.36. The molecule has 1 fully saturated rings. The zero-order valence-corrected chi connectivity index (χ0v) is 9.84. The van der Waals surface area contributed by atoms with E-state index in [0.717, 1.165) is 18.7 Å². The maximum atomic E-state index is 11.7. The van der Waals surface area contributed by atoms with Gasteiger partial charge in [0.1, 0.15) is 6.61 Å². The number of rotatable bonds is 2. The molecule has 1 heterocycles. The van der Waals surface area contributed by atoms with Gasteiger partial charge in [-0.05, 0) is 18.7 Å². The molecule has 0 N–H and O–H groups in total. The third-order valence-corrected chi connectivity index (χ3v) is 2.84. The van der Waals surface area contributed by atoms with Crippen molar-refractivity contribution < 1.29 is 9.53 Å². The average Bonchev–Trinajstić information content (AvgIpc) is 2.38. The van der Waals surface area contributed by atoms with Gasteiger partial charge >= 0.3 is 6.09 Å². The molecule has 0 atom stereocenters. The number of hydrogen-bond donors (Lipinski definition) is 0. The predicted molar refractivity (Wildman–Crippen MR) is 65.1 cm³/mol. The van der Waals surface area contributed by atoms with Crippen molar-refractivity contribution >= 4 is 6.09 Å². The van der Waals surface area contributed by atoms with Crippen molar-refractivity contribution in [2.45, 2.75) is 6.61 Å². The Morgan fingerprint density at radius 1 is 1.18 bits per heavy atom. The van der Waals surface area contributed by atoms with E-state index in [2.05, 4.69) is 7.05 Å². The molecular weight excluding hydrogens is 216 g/mol. The second kappa shape index (κ2) is 5.68. The second-order valence-corrected chi connectivity index (χ2v) is 4.15. The summed E-state index contributed by atoms with van der Waals surface area (Å²) in [5.41, 5.74) is 1.01. The average molecular weight is 233 g/mol. The fraction of sp³-hybridized carbons (Fsp3) is 0.385. The van der Waals surface area contributed by atoms with E-state index in [0.29, 0.717) is 19.7 Å². The first-order valence-corrected chi connectivity index (χ1v) is 5.77. The first-order valence-electron chi connectivity index (χ1n) is 5.77. The highest BCUT2D eigenvalue weighted by molar-refractivity contribution is 5.67. The maximum Gasteiger partial charge on any atom is 0.410 e. The Morgan fingerprint density at radius 2 is 1.82 bits per heavy atom. The lowest BCUT2D eigenvalue weighted by molar-refractivity contribution is 0.0795. The molecule has 1 aliphatic rings. The van der Waals surface area contributed by atoms with Gasteiger partial charge in [0.05, 0.1) is 0 Å². The molecule has 0 saturated carbocycles. The summed E-state index contributed by atoms with van der Waals surface area (Å²) in [5.74, 6) is 0. The van der Waals surface area contributed by atoms with E-state index < -0.39 is 0 Å². The third kappa shape index (κ3) is 3.46. The standard InChI is InChI=1S/C13H17N2O2/c1-14-7-9-15(10-8-14)13(16)17-11-12-5-3-2-4-6-12/h2-6H,1,7-11H2/q-1. The number of hydrogen-bond acceptors (Lipinski definition) is 3. The van der Waals surface area contributed by atoms with Crippen LogP contribution in [0.2, 0.25) is 0 Å². The molecule has 4 heteroatoms. The van der Waals surface area contributed by atoms with Crippen molar-refractivity contribution in [3.63, 3.8) is 0 Å². The maximum absolute atomic E-state index is 11.7. The lowest BCUT2D eigenvalue weighted by Crippen LogP contribution is -2.46. The van der Waals surface area contributed by atoms with Gasteiger partial charge in [-0.25, -0.2) is 4.79 Å². The van der Waals surface area contributed by atoms with E-state index in [1.807, 2.05) is 35.2 Å². The van der Waals surface area contributed by atoms with Crippen LogP contribution in [0.25, 0.3) is 0 Å². The summed E-state index contributed by atoms with van der Waals surface area (Å²) in [6.45, 7) is 3.33. The molecule has 0 aliphatic carbocycles. The fourth-order valence-electron chi connectivity index (χ4n) is 1.74. The number of amides is 1. The molecule has 17 heavy (non-hydrogen) atoms. The molecule has 0 radical (unpaired) electrons. The highest BCUT2D eigenvalue weighted by Crippen LogP contribution is 2.06. The van der Waals surface area contributed by atoms with E-state index in [1.165, 1.54) is 0 Å². The topological polar surface area (TPSA) is 32.8 Å². The van der Waals surface area contributed by atoms with Gasteiger partial charge < -0.3 is 14.5 Å². The number of carbonyl (C=O) groups is 1. The fourth-order valence-corrected chi connectivity index (χ4v) is 1.74. The lowest BCUT2D eigenvalue weighted by atomic mass is 10.2. The smallest absolute Gasteiger partial charge is 0.410 e. The van der Waals surface area contributed by atoms with Gasteiger partial charge in [-0.15, -0.1) is 0 Å². The molecule has 1 aliphatic heterocycles. The molecule has 0 unspecified atom stereocenters. The van der Waals surface area contributed by atoms with Crippen molar-refractivity contribution in [3.05, 3.63) is 42.9 Å².